The van der Waals surface area contributed by atoms with Crippen molar-refractivity contribution in [2.24, 2.45) is 0 Å². The van der Waals surface area contributed by atoms with Crippen LogP contribution in [0.5, 0.6) is 0 Å². The van der Waals surface area contributed by atoms with Crippen molar-refractivity contribution in [1.29, 1.82) is 0 Å². The predicted octanol–water partition coefficient (Wildman–Crippen LogP) is 5.51. The number of hydrogen-bond donors (Lipinski definition) is 8. The van der Waals surface area contributed by atoms with E-state index < -0.39 is 0 Å². The molecule has 10 aromatic rings. The third-order valence-corrected chi connectivity index (χ3v) is 22.9. The minimum Gasteiger partial charge on any atom is -0.369 e. The van der Waals surface area contributed by atoms with E-state index in [4.69, 9.17) is 22.9 Å². The summed E-state index contributed by atoms with van der Waals surface area (Å²) >= 11 is 4.89. The monoisotopic (exact) mass is 1430 g/mol. The van der Waals surface area contributed by atoms with Gasteiger partial charge < -0.3 is 62.1 Å². The van der Waals surface area contributed by atoms with E-state index in [0.29, 0.717) is 115 Å². The maximum Gasteiger partial charge on any atom is 0.270 e. The van der Waals surface area contributed by atoms with Gasteiger partial charge >= 0.3 is 0 Å². The van der Waals surface area contributed by atoms with Gasteiger partial charge in [-0.25, -0.2) is 19.9 Å². The lowest BCUT2D eigenvalue weighted by Crippen LogP contribution is -2.48. The number of benzene rings is 2. The first-order valence-electron chi connectivity index (χ1n) is 33.3. The molecule has 5 amide bonds. The van der Waals surface area contributed by atoms with E-state index >= 15 is 0 Å². The Bertz CT molecular complexity index is 4730. The molecule has 0 atom stereocenters. The minimum atomic E-state index is -0.321. The number of piperidine rings is 3. The molecule has 0 radical (unpaired) electrons. The summed E-state index contributed by atoms with van der Waals surface area (Å²) in [5, 5.41) is 6.78. The van der Waals surface area contributed by atoms with E-state index in [1.165, 1.54) is 77.7 Å². The first kappa shape index (κ1) is 68.4. The van der Waals surface area contributed by atoms with E-state index in [1.807, 2.05) is 46.2 Å². The normalized spacial score (nSPS) is 17.3. The van der Waals surface area contributed by atoms with Crippen molar-refractivity contribution in [1.82, 2.24) is 69.3 Å². The number of thiophene rings is 4. The van der Waals surface area contributed by atoms with E-state index in [2.05, 4.69) is 78.8 Å². The molecule has 6 fully saturated rings. The summed E-state index contributed by atoms with van der Waals surface area (Å²) in [6.07, 6.45) is 9.11. The molecule has 100 heavy (non-hydrogen) atoms. The molecular weight excluding hydrogens is 1360 g/mol. The molecule has 6 aliphatic heterocycles. The van der Waals surface area contributed by atoms with Crippen LogP contribution >= 0.6 is 45.3 Å². The van der Waals surface area contributed by atoms with Gasteiger partial charge in [0.25, 0.3) is 45.9 Å². The van der Waals surface area contributed by atoms with Crippen molar-refractivity contribution < 1.29 is 24.0 Å². The number of aromatic nitrogens is 8. The highest BCUT2D eigenvalue weighted by molar-refractivity contribution is 7.18. The Hall–Kier alpha value is -10.1. The van der Waals surface area contributed by atoms with Crippen molar-refractivity contribution in [3.63, 3.8) is 0 Å². The summed E-state index contributed by atoms with van der Waals surface area (Å²) in [5.41, 5.74) is 27.0. The molecule has 522 valence electrons. The molecule has 6 aliphatic rings. The standard InChI is InChI=1S/C17H23N5O2S.2C17H17N5O2S.C16H19N5O3S/c18-17-19-13-12(10-25-14(13)15(23)20-17)16(24)22-8-4-11(5-9-22)21-6-2-1-3-7-21;2*18-17-19-13-12(10-25-14(13)15(23)20-17)16(24)22-8-6-21(7-9-22)11-4-2-1-3-5-11;17-16-18-12-10(8-25-13(12)14(23)19-16)15(24)20-6-3-9(4-7-20)21-5-1-2-11(21)22/h10-11H,1-9H2,(H3,18,19,20,23);2*1-5,10H,6-9H2,(H3,18,19,20,23);8-9H,1-7H2,(H3,17,18,19,23). The number of carbonyl (C=O) groups is 5. The lowest BCUT2D eigenvalue weighted by Gasteiger charge is -2.40. The fourth-order valence-corrected chi connectivity index (χ4v) is 17.3. The Morgan fingerprint density at radius 1 is 0.370 bits per heavy atom. The molecule has 0 bridgehead atoms. The summed E-state index contributed by atoms with van der Waals surface area (Å²) in [6, 6.07) is 21.1. The van der Waals surface area contributed by atoms with Crippen LogP contribution in [0, 0.1) is 0 Å². The van der Waals surface area contributed by atoms with Gasteiger partial charge in [-0.3, -0.25) is 63.1 Å². The number of nitrogens with one attached hydrogen (secondary N) is 4. The highest BCUT2D eigenvalue weighted by Crippen LogP contribution is 2.31. The second-order valence-electron chi connectivity index (χ2n) is 25.2. The van der Waals surface area contributed by atoms with Gasteiger partial charge in [-0.15, -0.1) is 45.3 Å². The van der Waals surface area contributed by atoms with E-state index in [0.717, 1.165) is 89.3 Å². The van der Waals surface area contributed by atoms with Gasteiger partial charge in [0.05, 0.1) is 22.3 Å². The molecule has 2 aromatic carbocycles. The van der Waals surface area contributed by atoms with Crippen LogP contribution in [0.1, 0.15) is 99.2 Å². The topological polar surface area (TPSA) is 398 Å². The van der Waals surface area contributed by atoms with Gasteiger partial charge in [0, 0.05) is 136 Å². The Morgan fingerprint density at radius 2 is 0.680 bits per heavy atom. The molecule has 16 rings (SSSR count). The Kier molecular flexibility index (Phi) is 20.6. The molecule has 33 heteroatoms. The van der Waals surface area contributed by atoms with Gasteiger partial charge in [-0.1, -0.05) is 42.8 Å². The molecule has 0 unspecified atom stereocenters. The first-order chi connectivity index (χ1) is 48.4. The van der Waals surface area contributed by atoms with Gasteiger partial charge in [0.2, 0.25) is 29.7 Å². The third kappa shape index (κ3) is 14.8. The molecule has 8 aromatic heterocycles. The predicted molar refractivity (Wildman–Crippen MR) is 392 cm³/mol. The smallest absolute Gasteiger partial charge is 0.270 e. The number of likely N-dealkylation sites (tertiary alicyclic amines) is 4. The average Bonchev–Trinajstić information content (AvgIpc) is 1.64. The summed E-state index contributed by atoms with van der Waals surface area (Å²) in [6.45, 7) is 11.5. The van der Waals surface area contributed by atoms with Crippen LogP contribution in [-0.2, 0) is 4.79 Å². The number of para-hydroxylation sites is 2. The number of amides is 5. The zero-order valence-corrected chi connectivity index (χ0v) is 58.0. The van der Waals surface area contributed by atoms with Crippen LogP contribution in [0.3, 0.4) is 0 Å². The van der Waals surface area contributed by atoms with E-state index in [-0.39, 0.29) is 81.6 Å². The van der Waals surface area contributed by atoms with Gasteiger partial charge in [-0.2, -0.15) is 0 Å². The van der Waals surface area contributed by atoms with Crippen molar-refractivity contribution in [3.05, 3.63) is 146 Å². The van der Waals surface area contributed by atoms with Gasteiger partial charge in [0.1, 0.15) is 40.9 Å². The number of hydrogen-bond acceptors (Lipinski definition) is 24. The second kappa shape index (κ2) is 30.2. The molecule has 0 spiro atoms. The summed E-state index contributed by atoms with van der Waals surface area (Å²) < 4.78 is 1.73. The zero-order valence-electron chi connectivity index (χ0n) is 54.7. The number of piperazine rings is 2. The van der Waals surface area contributed by atoms with Crippen molar-refractivity contribution >= 4 is 151 Å². The summed E-state index contributed by atoms with van der Waals surface area (Å²) in [5.74, 6) is -0.0288. The van der Waals surface area contributed by atoms with Crippen LogP contribution < -0.4 is 55.0 Å². The Labute approximate surface area is 587 Å². The quantitative estimate of drug-likeness (QED) is 0.0929. The molecule has 14 heterocycles. The lowest BCUT2D eigenvalue weighted by molar-refractivity contribution is -0.130. The summed E-state index contributed by atoms with van der Waals surface area (Å²) in [4.78, 5) is 154. The number of fused-ring (bicyclic) bond motifs is 4. The number of rotatable bonds is 8. The number of nitrogen functional groups attached to an aromatic ring is 4. The molecule has 6 saturated heterocycles. The van der Waals surface area contributed by atoms with Gasteiger partial charge in [-0.05, 0) is 82.3 Å². The molecule has 0 aliphatic carbocycles. The largest absolute Gasteiger partial charge is 0.369 e. The van der Waals surface area contributed by atoms with Crippen LogP contribution in [0.2, 0.25) is 0 Å². The number of nitrogens with two attached hydrogens (primary N) is 4. The maximum absolute atomic E-state index is 12.9. The van der Waals surface area contributed by atoms with Crippen LogP contribution in [0.15, 0.2) is 101 Å². The first-order valence-corrected chi connectivity index (χ1v) is 36.8. The average molecular weight is 1430 g/mol. The third-order valence-electron chi connectivity index (χ3n) is 19.0. The van der Waals surface area contributed by atoms with Gasteiger partial charge in [0.15, 0.2) is 0 Å². The molecular formula is C67H76N20O9S4. The Balaban J connectivity index is 0.000000119. The maximum atomic E-state index is 12.9. The highest BCUT2D eigenvalue weighted by Gasteiger charge is 2.35. The van der Waals surface area contributed by atoms with Crippen molar-refractivity contribution in [2.45, 2.75) is 69.9 Å². The number of nitrogens with zero attached hydrogens (tertiary/aromatic N) is 12. The fraction of sp³-hybridized carbons (Fsp3) is 0.388. The summed E-state index contributed by atoms with van der Waals surface area (Å²) in [7, 11) is 0. The minimum absolute atomic E-state index is 0.0104. The molecule has 0 saturated carbocycles. The van der Waals surface area contributed by atoms with Crippen LogP contribution in [-0.4, -0.2) is 209 Å². The molecule has 12 N–H and O–H groups in total. The zero-order chi connectivity index (χ0) is 69.7. The highest BCUT2D eigenvalue weighted by atomic mass is 32.1. The number of aromatic amines is 4. The fourth-order valence-electron chi connectivity index (χ4n) is 13.8. The van der Waals surface area contributed by atoms with Crippen LogP contribution in [0.4, 0.5) is 35.2 Å². The number of anilines is 6. The Morgan fingerprint density at radius 3 is 0.990 bits per heavy atom. The second-order valence-corrected chi connectivity index (χ2v) is 28.7. The van der Waals surface area contributed by atoms with E-state index in [1.54, 1.807) is 36.2 Å². The lowest BCUT2D eigenvalue weighted by atomic mass is 9.99. The molecule has 29 nitrogen and oxygen atoms in total. The number of H-pyrrole nitrogens is 4. The van der Waals surface area contributed by atoms with Crippen molar-refractivity contribution in [2.75, 3.05) is 131 Å². The SMILES string of the molecule is Nc1nc2c(C(=O)N3CCC(N4CCCC4=O)CC3)csc2c(=O)[nH]1.Nc1nc2c(C(=O)N3CCC(N4CCCCC4)CC3)csc2c(=O)[nH]1.Nc1nc2c(C(=O)N3CCN(c4ccccc4)CC3)csc2c(=O)[nH]1.Nc1nc2c(C(=O)N3CCN(c4ccccc4)CC3)csc2c(=O)[nH]1. The van der Waals surface area contributed by atoms with Crippen LogP contribution in [0.25, 0.3) is 40.9 Å². The number of carbonyl (C=O) groups excluding carboxylic acids is 5. The van der Waals surface area contributed by atoms with Crippen molar-refractivity contribution in [3.8, 4) is 0 Å². The van der Waals surface area contributed by atoms with E-state index in [9.17, 15) is 43.2 Å².